The molecule has 11 rings (SSSR count). The van der Waals surface area contributed by atoms with Crippen molar-refractivity contribution in [2.24, 2.45) is 5.92 Å². The number of carbonyl (C=O) groups excluding carboxylic acids is 2. The summed E-state index contributed by atoms with van der Waals surface area (Å²) in [7, 11) is 0. The summed E-state index contributed by atoms with van der Waals surface area (Å²) in [6.07, 6.45) is 15.1. The van der Waals surface area contributed by atoms with Gasteiger partial charge in [-0.15, -0.1) is 0 Å². The predicted molar refractivity (Wildman–Crippen MR) is 261 cm³/mol. The summed E-state index contributed by atoms with van der Waals surface area (Å²) in [6, 6.07) is 33.1. The number of ether oxygens (including phenoxy) is 2. The van der Waals surface area contributed by atoms with Crippen LogP contribution in [0.25, 0.3) is 43.6 Å². The van der Waals surface area contributed by atoms with Crippen molar-refractivity contribution in [1.82, 2.24) is 19.1 Å². The molecular formula is C52H58Br2N4O4. The molecule has 3 aliphatic rings. The van der Waals surface area contributed by atoms with Crippen molar-refractivity contribution in [3.8, 4) is 0 Å². The van der Waals surface area contributed by atoms with Crippen LogP contribution in [0.1, 0.15) is 110 Å². The second kappa shape index (κ2) is 19.1. The van der Waals surface area contributed by atoms with E-state index >= 15 is 0 Å². The summed E-state index contributed by atoms with van der Waals surface area (Å²) < 4.78 is 15.9. The third-order valence-corrected chi connectivity index (χ3v) is 11.6. The van der Waals surface area contributed by atoms with Crippen LogP contribution in [0.3, 0.4) is 0 Å². The number of benzene rings is 4. The van der Waals surface area contributed by atoms with Gasteiger partial charge in [0.05, 0.1) is 11.0 Å². The van der Waals surface area contributed by atoms with E-state index in [4.69, 9.17) is 9.47 Å². The second-order valence-electron chi connectivity index (χ2n) is 18.6. The van der Waals surface area contributed by atoms with E-state index < -0.39 is 11.2 Å². The molecule has 0 aliphatic heterocycles. The lowest BCUT2D eigenvalue weighted by Crippen LogP contribution is -2.26. The van der Waals surface area contributed by atoms with Crippen LogP contribution in [-0.4, -0.2) is 42.5 Å². The fourth-order valence-corrected chi connectivity index (χ4v) is 7.49. The highest BCUT2D eigenvalue weighted by molar-refractivity contribution is 9.10. The van der Waals surface area contributed by atoms with Gasteiger partial charge in [0.25, 0.3) is 0 Å². The van der Waals surface area contributed by atoms with Gasteiger partial charge in [0.2, 0.25) is 0 Å². The molecule has 8 nitrogen and oxygen atoms in total. The van der Waals surface area contributed by atoms with E-state index in [2.05, 4.69) is 109 Å². The largest absolute Gasteiger partial charge is 0.443 e. The van der Waals surface area contributed by atoms with Gasteiger partial charge in [-0.3, -0.25) is 9.13 Å². The normalized spacial score (nSPS) is 14.7. The summed E-state index contributed by atoms with van der Waals surface area (Å²) in [6.45, 7) is 13.5. The minimum Gasteiger partial charge on any atom is -0.443 e. The zero-order valence-electron chi connectivity index (χ0n) is 36.8. The first-order valence-corrected chi connectivity index (χ1v) is 23.2. The van der Waals surface area contributed by atoms with Gasteiger partial charge in [0.15, 0.2) is 0 Å². The van der Waals surface area contributed by atoms with Crippen molar-refractivity contribution >= 4 is 87.7 Å². The lowest BCUT2D eigenvalue weighted by atomic mass is 10.1. The van der Waals surface area contributed by atoms with Crippen LogP contribution in [0.5, 0.6) is 0 Å². The van der Waals surface area contributed by atoms with Crippen molar-refractivity contribution in [2.45, 2.75) is 110 Å². The predicted octanol–water partition coefficient (Wildman–Crippen LogP) is 15.9. The number of hydrogen-bond donors (Lipinski definition) is 2. The number of rotatable bonds is 2. The average Bonchev–Trinajstić information content (AvgIpc) is 4.19. The Morgan fingerprint density at radius 1 is 0.532 bits per heavy atom. The molecule has 4 aromatic carbocycles. The Bertz CT molecular complexity index is 2780. The fourth-order valence-electron chi connectivity index (χ4n) is 6.78. The van der Waals surface area contributed by atoms with Crippen LogP contribution >= 0.6 is 31.9 Å². The van der Waals surface area contributed by atoms with Gasteiger partial charge in [-0.25, -0.2) is 9.59 Å². The molecule has 0 spiro atoms. The molecule has 3 saturated carbocycles. The van der Waals surface area contributed by atoms with Crippen LogP contribution < -0.4 is 0 Å². The molecule has 8 aromatic rings. The number of nitrogens with one attached hydrogen (secondary N) is 2. The summed E-state index contributed by atoms with van der Waals surface area (Å²) in [5.41, 5.74) is 6.11. The molecule has 62 heavy (non-hydrogen) atoms. The summed E-state index contributed by atoms with van der Waals surface area (Å²) >= 11 is 6.79. The molecule has 3 fully saturated rings. The average molecular weight is 963 g/mol. The van der Waals surface area contributed by atoms with Gasteiger partial charge in [-0.2, -0.15) is 0 Å². The number of H-pyrrole nitrogens is 2. The van der Waals surface area contributed by atoms with Crippen LogP contribution in [0.2, 0.25) is 0 Å². The number of fused-ring (bicyclic) bond motifs is 4. The maximum Gasteiger partial charge on any atom is 0.418 e. The quantitative estimate of drug-likeness (QED) is 0.180. The molecule has 324 valence electrons. The van der Waals surface area contributed by atoms with Crippen molar-refractivity contribution in [2.75, 3.05) is 0 Å². The first-order valence-electron chi connectivity index (χ1n) is 21.6. The van der Waals surface area contributed by atoms with Crippen LogP contribution in [0.15, 0.2) is 131 Å². The minimum atomic E-state index is -0.486. The highest BCUT2D eigenvalue weighted by Gasteiger charge is 2.25. The van der Waals surface area contributed by atoms with E-state index in [0.29, 0.717) is 5.92 Å². The van der Waals surface area contributed by atoms with Crippen molar-refractivity contribution in [3.05, 3.63) is 142 Å². The topological polar surface area (TPSA) is 94.0 Å². The van der Waals surface area contributed by atoms with Crippen LogP contribution in [0, 0.1) is 5.92 Å². The molecule has 4 heterocycles. The van der Waals surface area contributed by atoms with E-state index in [-0.39, 0.29) is 12.2 Å². The Morgan fingerprint density at radius 2 is 0.935 bits per heavy atom. The minimum absolute atomic E-state index is 0.310. The van der Waals surface area contributed by atoms with Gasteiger partial charge in [-0.1, -0.05) is 88.0 Å². The van der Waals surface area contributed by atoms with Gasteiger partial charge >= 0.3 is 12.2 Å². The fraction of sp³-hybridized carbons (Fsp3) is 0.346. The molecule has 2 N–H and O–H groups in total. The van der Waals surface area contributed by atoms with E-state index in [0.717, 1.165) is 42.6 Å². The molecule has 0 radical (unpaired) electrons. The zero-order valence-corrected chi connectivity index (χ0v) is 40.0. The highest BCUT2D eigenvalue weighted by atomic mass is 79.9. The van der Waals surface area contributed by atoms with E-state index in [1.807, 2.05) is 90.3 Å². The second-order valence-corrected chi connectivity index (χ2v) is 20.4. The lowest BCUT2D eigenvalue weighted by Gasteiger charge is -2.19. The van der Waals surface area contributed by atoms with E-state index in [9.17, 15) is 9.59 Å². The summed E-state index contributed by atoms with van der Waals surface area (Å²) in [5, 5.41) is 4.66. The Labute approximate surface area is 381 Å². The number of nitrogens with zero attached hydrogens (tertiary/aromatic N) is 2. The molecule has 0 atom stereocenters. The highest BCUT2D eigenvalue weighted by Crippen LogP contribution is 2.41. The standard InChI is InChI=1S/C16H19NO2.C13H14BrNO2.C11H11N.C8H6BrN.C4H8/c1-16(2,3)19-15(18)17-9-8-12-6-7-13(10-14(12)17)11-4-5-11;1-13(2,3)17-12(16)15-7-6-9-4-5-10(14)8-11(9)15;1-2-8(1)10-4-3-9-5-6-12-11(9)7-10;9-7-2-1-6-3-4-10-8(6)5-7;1-4-2-3-4/h6-11H,4-5H2,1-3H3;4-8H,1-3H3;3-8,12H,1-2H2;1-5,10H;4H,2-3H2,1H3. The van der Waals surface area contributed by atoms with Gasteiger partial charge in [0.1, 0.15) is 11.2 Å². The molecule has 10 heteroatoms. The summed E-state index contributed by atoms with van der Waals surface area (Å²) in [4.78, 5) is 30.5. The van der Waals surface area contributed by atoms with Gasteiger partial charge < -0.3 is 19.4 Å². The van der Waals surface area contributed by atoms with E-state index in [1.165, 1.54) is 76.0 Å². The first-order chi connectivity index (χ1) is 29.5. The number of carbonyl (C=O) groups is 2. The molecule has 0 amide bonds. The SMILES string of the molecule is Brc1ccc2cc[nH]c2c1.CC(C)(C)OC(=O)n1ccc2ccc(Br)cc21.CC(C)(C)OC(=O)n1ccc2ccc(C3CC3)cc21.CC1CC1.c1cc2ccc(C3CC3)cc2[nH]1. The number of hydrogen-bond acceptors (Lipinski definition) is 4. The monoisotopic (exact) mass is 960 g/mol. The molecule has 0 bridgehead atoms. The maximum atomic E-state index is 12.2. The smallest absolute Gasteiger partial charge is 0.418 e. The van der Waals surface area contributed by atoms with Crippen LogP contribution in [-0.2, 0) is 9.47 Å². The molecule has 0 saturated heterocycles. The lowest BCUT2D eigenvalue weighted by molar-refractivity contribution is 0.0533. The number of aromatic nitrogens is 4. The Morgan fingerprint density at radius 3 is 1.40 bits per heavy atom. The van der Waals surface area contributed by atoms with Gasteiger partial charge in [0, 0.05) is 55.5 Å². The molecule has 3 aliphatic carbocycles. The van der Waals surface area contributed by atoms with Crippen LogP contribution in [0.4, 0.5) is 9.59 Å². The summed E-state index contributed by atoms with van der Waals surface area (Å²) in [5.74, 6) is 2.63. The molecule has 0 unspecified atom stereocenters. The third-order valence-electron chi connectivity index (χ3n) is 10.6. The number of aromatic amines is 2. The molecule has 4 aromatic heterocycles. The van der Waals surface area contributed by atoms with Crippen molar-refractivity contribution in [1.29, 1.82) is 0 Å². The third kappa shape index (κ3) is 12.8. The molecular weight excluding hydrogens is 904 g/mol. The van der Waals surface area contributed by atoms with Crippen molar-refractivity contribution in [3.63, 3.8) is 0 Å². The number of halogens is 2. The zero-order chi connectivity index (χ0) is 44.2. The Kier molecular flexibility index (Phi) is 13.9. The first kappa shape index (κ1) is 45.0. The Hall–Kier alpha value is -5.06. The van der Waals surface area contributed by atoms with Gasteiger partial charge in [-0.05, 0) is 168 Å². The van der Waals surface area contributed by atoms with Crippen molar-refractivity contribution < 1.29 is 19.1 Å². The maximum absolute atomic E-state index is 12.2. The Balaban J connectivity index is 0.000000123. The van der Waals surface area contributed by atoms with E-state index in [1.54, 1.807) is 17.0 Å².